The first-order chi connectivity index (χ1) is 21.1. The Bertz CT molecular complexity index is 1870. The van der Waals surface area contributed by atoms with E-state index < -0.39 is 33.3 Å². The number of hydrogen-bond acceptors (Lipinski definition) is 6. The number of anilines is 2. The van der Waals surface area contributed by atoms with Crippen LogP contribution in [0.4, 0.5) is 10.8 Å². The number of carboxylic acids is 1. The summed E-state index contributed by atoms with van der Waals surface area (Å²) in [5.41, 5.74) is 1.76. The number of hydrogen-bond donors (Lipinski definition) is 3. The third kappa shape index (κ3) is 7.04. The van der Waals surface area contributed by atoms with Gasteiger partial charge in [-0.25, -0.2) is 9.78 Å². The Labute approximate surface area is 280 Å². The zero-order chi connectivity index (χ0) is 31.4. The summed E-state index contributed by atoms with van der Waals surface area (Å²) in [6.07, 6.45) is 0. The molecule has 7 nitrogen and oxygen atoms in total. The van der Waals surface area contributed by atoms with Crippen LogP contribution >= 0.6 is 69.5 Å². The van der Waals surface area contributed by atoms with Crippen LogP contribution in [-0.2, 0) is 4.79 Å². The quantitative estimate of drug-likeness (QED) is 0.0802. The number of nitrogens with zero attached hydrogens (tertiary/aromatic N) is 1. The summed E-state index contributed by atoms with van der Waals surface area (Å²) in [5.74, 6) is -2.64. The number of carbonyl (C=O) groups is 3. The zero-order valence-corrected chi connectivity index (χ0v) is 26.8. The molecular weight excluding hydrogens is 684 g/mol. The average molecular weight is 703 g/mol. The Morgan fingerprint density at radius 2 is 1.41 bits per heavy atom. The van der Waals surface area contributed by atoms with Gasteiger partial charge < -0.3 is 15.7 Å². The molecule has 0 saturated heterocycles. The van der Waals surface area contributed by atoms with Crippen molar-refractivity contribution in [2.45, 2.75) is 10.1 Å². The molecule has 0 aliphatic rings. The van der Waals surface area contributed by atoms with Gasteiger partial charge in [0.1, 0.15) is 5.25 Å². The van der Waals surface area contributed by atoms with Crippen LogP contribution in [0.3, 0.4) is 0 Å². The molecular formula is C31H19Cl4N3O4S2. The van der Waals surface area contributed by atoms with Gasteiger partial charge in [0.05, 0.1) is 36.9 Å². The second kappa shape index (κ2) is 14.0. The van der Waals surface area contributed by atoms with Crippen molar-refractivity contribution in [2.75, 3.05) is 10.6 Å². The van der Waals surface area contributed by atoms with Crippen LogP contribution in [0.25, 0.3) is 11.3 Å². The Morgan fingerprint density at radius 1 is 0.773 bits per heavy atom. The van der Waals surface area contributed by atoms with Crippen molar-refractivity contribution < 1.29 is 19.5 Å². The lowest BCUT2D eigenvalue weighted by Gasteiger charge is -2.17. The molecule has 1 aromatic heterocycles. The summed E-state index contributed by atoms with van der Waals surface area (Å²) in [7, 11) is 0. The third-order valence-corrected chi connectivity index (χ3v) is 10.0. The minimum atomic E-state index is -1.50. The number of aromatic nitrogens is 1. The van der Waals surface area contributed by atoms with E-state index in [2.05, 4.69) is 15.6 Å². The van der Waals surface area contributed by atoms with Crippen LogP contribution in [0.1, 0.15) is 31.5 Å². The summed E-state index contributed by atoms with van der Waals surface area (Å²) in [6.45, 7) is 0. The van der Waals surface area contributed by atoms with Crippen LogP contribution in [0.2, 0.25) is 20.1 Å². The molecule has 222 valence electrons. The van der Waals surface area contributed by atoms with Crippen molar-refractivity contribution in [3.05, 3.63) is 127 Å². The molecule has 5 aromatic rings. The fraction of sp³-hybridized carbons (Fsp3) is 0.0323. The maximum atomic E-state index is 13.6. The second-order valence-electron chi connectivity index (χ2n) is 9.09. The first-order valence-corrected chi connectivity index (χ1v) is 15.9. The van der Waals surface area contributed by atoms with Gasteiger partial charge >= 0.3 is 5.97 Å². The number of amides is 2. The maximum Gasteiger partial charge on any atom is 0.338 e. The van der Waals surface area contributed by atoms with Gasteiger partial charge in [0.15, 0.2) is 5.13 Å². The zero-order valence-electron chi connectivity index (χ0n) is 22.2. The predicted octanol–water partition coefficient (Wildman–Crippen LogP) is 9.85. The van der Waals surface area contributed by atoms with Crippen molar-refractivity contribution in [3.8, 4) is 11.3 Å². The average Bonchev–Trinajstić information content (AvgIpc) is 3.49. The maximum absolute atomic E-state index is 13.6. The van der Waals surface area contributed by atoms with E-state index in [0.717, 1.165) is 16.8 Å². The Kier molecular flexibility index (Phi) is 10.2. The van der Waals surface area contributed by atoms with Crippen LogP contribution in [0, 0.1) is 0 Å². The molecule has 0 aliphatic carbocycles. The molecule has 5 rings (SSSR count). The summed E-state index contributed by atoms with van der Waals surface area (Å²) in [5, 5.41) is 15.7. The molecule has 0 spiro atoms. The lowest BCUT2D eigenvalue weighted by atomic mass is 10.1. The van der Waals surface area contributed by atoms with E-state index in [1.54, 1.807) is 24.3 Å². The molecule has 0 fully saturated rings. The third-order valence-electron chi connectivity index (χ3n) is 6.20. The largest absolute Gasteiger partial charge is 0.478 e. The first kappa shape index (κ1) is 31.8. The number of benzene rings is 4. The van der Waals surface area contributed by atoms with E-state index in [-0.39, 0.29) is 21.0 Å². The van der Waals surface area contributed by atoms with Gasteiger partial charge in [-0.05, 0) is 23.8 Å². The van der Waals surface area contributed by atoms with E-state index in [9.17, 15) is 19.5 Å². The summed E-state index contributed by atoms with van der Waals surface area (Å²) in [6, 6.07) is 25.6. The fourth-order valence-electron chi connectivity index (χ4n) is 4.17. The summed E-state index contributed by atoms with van der Waals surface area (Å²) in [4.78, 5) is 44.0. The van der Waals surface area contributed by atoms with Crippen molar-refractivity contribution in [1.82, 2.24) is 4.98 Å². The van der Waals surface area contributed by atoms with Crippen molar-refractivity contribution in [1.29, 1.82) is 0 Å². The first-order valence-electron chi connectivity index (χ1n) is 12.7. The lowest BCUT2D eigenvalue weighted by molar-refractivity contribution is -0.115. The molecule has 1 heterocycles. The Hall–Kier alpha value is -3.57. The topological polar surface area (TPSA) is 108 Å². The SMILES string of the molecule is O=C(O)c1c(Cl)c(Cl)c(Cl)c(Cl)c1C(=O)Nc1cccc(SC(C(=O)Nc2nc(-c3ccccc3)cs2)c2ccccc2)c1. The van der Waals surface area contributed by atoms with Crippen LogP contribution in [0.5, 0.6) is 0 Å². The van der Waals surface area contributed by atoms with Gasteiger partial charge in [0.25, 0.3) is 5.91 Å². The molecule has 2 amide bonds. The molecule has 3 N–H and O–H groups in total. The second-order valence-corrected chi connectivity index (χ2v) is 12.6. The van der Waals surface area contributed by atoms with Gasteiger partial charge in [-0.3, -0.25) is 9.59 Å². The molecule has 1 unspecified atom stereocenters. The van der Waals surface area contributed by atoms with Crippen molar-refractivity contribution in [2.24, 2.45) is 0 Å². The highest BCUT2D eigenvalue weighted by atomic mass is 35.5. The molecule has 44 heavy (non-hydrogen) atoms. The lowest BCUT2D eigenvalue weighted by Crippen LogP contribution is -2.19. The molecule has 0 aliphatic heterocycles. The van der Waals surface area contributed by atoms with Crippen LogP contribution in [0.15, 0.2) is 95.2 Å². The number of aromatic carboxylic acids is 1. The molecule has 1 atom stereocenters. The van der Waals surface area contributed by atoms with E-state index >= 15 is 0 Å². The highest BCUT2D eigenvalue weighted by Gasteiger charge is 2.29. The van der Waals surface area contributed by atoms with E-state index in [1.807, 2.05) is 66.0 Å². The van der Waals surface area contributed by atoms with Gasteiger partial charge in [-0.1, -0.05) is 113 Å². The molecule has 13 heteroatoms. The smallest absolute Gasteiger partial charge is 0.338 e. The number of halogens is 4. The Morgan fingerprint density at radius 3 is 2.07 bits per heavy atom. The number of rotatable bonds is 9. The number of thiazole rings is 1. The van der Waals surface area contributed by atoms with Crippen molar-refractivity contribution in [3.63, 3.8) is 0 Å². The Balaban J connectivity index is 1.39. The molecule has 0 radical (unpaired) electrons. The number of carboxylic acid groups (broad SMARTS) is 1. The molecule has 0 saturated carbocycles. The van der Waals surface area contributed by atoms with Gasteiger partial charge in [-0.2, -0.15) is 0 Å². The number of carbonyl (C=O) groups excluding carboxylic acids is 2. The number of nitrogens with one attached hydrogen (secondary N) is 2. The van der Waals surface area contributed by atoms with Gasteiger partial charge in [0.2, 0.25) is 5.91 Å². The van der Waals surface area contributed by atoms with Gasteiger partial charge in [-0.15, -0.1) is 23.1 Å². The van der Waals surface area contributed by atoms with Crippen molar-refractivity contribution >= 4 is 98.1 Å². The van der Waals surface area contributed by atoms with Crippen LogP contribution < -0.4 is 10.6 Å². The highest BCUT2D eigenvalue weighted by Crippen LogP contribution is 2.42. The molecule has 4 aromatic carbocycles. The van der Waals surface area contributed by atoms with E-state index in [1.165, 1.54) is 23.1 Å². The summed E-state index contributed by atoms with van der Waals surface area (Å²) >= 11 is 27.0. The normalized spacial score (nSPS) is 11.5. The number of thioether (sulfide) groups is 1. The molecule has 0 bridgehead atoms. The van der Waals surface area contributed by atoms with Gasteiger partial charge in [0, 0.05) is 21.5 Å². The monoisotopic (exact) mass is 701 g/mol. The highest BCUT2D eigenvalue weighted by molar-refractivity contribution is 8.00. The standard InChI is InChI=1S/C31H19Cl4N3O4S2/c32-23-21(22(30(41)42)24(33)26(35)25(23)34)28(39)36-18-12-7-13-19(14-18)44-27(17-10-5-2-6-11-17)29(40)38-31-37-20(15-43-31)16-8-3-1-4-9-16/h1-15,27H,(H,36,39)(H,41,42)(H,37,38,40). The summed E-state index contributed by atoms with van der Waals surface area (Å²) < 4.78 is 0. The fourth-order valence-corrected chi connectivity index (χ4v) is 6.99. The minimum Gasteiger partial charge on any atom is -0.478 e. The van der Waals surface area contributed by atoms with Crippen LogP contribution in [-0.4, -0.2) is 27.9 Å². The van der Waals surface area contributed by atoms with E-state index in [0.29, 0.717) is 15.7 Å². The minimum absolute atomic E-state index is 0.245. The van der Waals surface area contributed by atoms with E-state index in [4.69, 9.17) is 46.4 Å². The predicted molar refractivity (Wildman–Crippen MR) is 179 cm³/mol.